The molecule has 1 aliphatic rings. The van der Waals surface area contributed by atoms with Gasteiger partial charge in [-0.1, -0.05) is 18.2 Å². The van der Waals surface area contributed by atoms with E-state index in [0.29, 0.717) is 19.8 Å². The summed E-state index contributed by atoms with van der Waals surface area (Å²) in [5, 5.41) is 8.65. The van der Waals surface area contributed by atoms with Gasteiger partial charge in [-0.25, -0.2) is 4.39 Å². The number of hydrogen-bond acceptors (Lipinski definition) is 5. The van der Waals surface area contributed by atoms with Crippen LogP contribution in [0.3, 0.4) is 0 Å². The van der Waals surface area contributed by atoms with E-state index in [1.54, 1.807) is 12.1 Å². The van der Waals surface area contributed by atoms with Crippen molar-refractivity contribution in [1.82, 2.24) is 15.1 Å². The van der Waals surface area contributed by atoms with Crippen LogP contribution < -0.4 is 15.0 Å². The molecule has 0 saturated heterocycles. The van der Waals surface area contributed by atoms with E-state index in [4.69, 9.17) is 4.74 Å². The molecule has 0 bridgehead atoms. The van der Waals surface area contributed by atoms with Crippen molar-refractivity contribution in [1.29, 1.82) is 0 Å². The molecule has 162 valence electrons. The largest absolute Gasteiger partial charge is 0.492 e. The van der Waals surface area contributed by atoms with Gasteiger partial charge in [0.05, 0.1) is 29.5 Å². The highest BCUT2D eigenvalue weighted by molar-refractivity contribution is 5.96. The number of aliphatic imine (C=N–C) groups is 1. The molecule has 0 saturated carbocycles. The summed E-state index contributed by atoms with van der Waals surface area (Å²) in [5.41, 5.74) is 4.96. The second-order valence-electron chi connectivity index (χ2n) is 7.70. The normalized spacial score (nSPS) is 12.9. The molecule has 0 unspecified atom stereocenters. The Bertz CT molecular complexity index is 1280. The van der Waals surface area contributed by atoms with Crippen molar-refractivity contribution in [3.63, 3.8) is 0 Å². The minimum absolute atomic E-state index is 0.236. The Kier molecular flexibility index (Phi) is 5.56. The first kappa shape index (κ1) is 20.2. The Hall–Kier alpha value is -3.71. The molecule has 1 N–H and O–H groups in total. The number of nitrogens with zero attached hydrogens (tertiary/aromatic N) is 4. The predicted octanol–water partition coefficient (Wildman–Crippen LogP) is 4.35. The molecule has 0 amide bonds. The number of nitrogens with one attached hydrogen (secondary N) is 1. The Morgan fingerprint density at radius 3 is 2.88 bits per heavy atom. The summed E-state index contributed by atoms with van der Waals surface area (Å²) in [6, 6.07) is 18.9. The minimum Gasteiger partial charge on any atom is -0.492 e. The van der Waals surface area contributed by atoms with E-state index in [-0.39, 0.29) is 5.82 Å². The van der Waals surface area contributed by atoms with Gasteiger partial charge in [-0.15, -0.1) is 0 Å². The van der Waals surface area contributed by atoms with Gasteiger partial charge in [0, 0.05) is 23.8 Å². The molecule has 2 heterocycles. The van der Waals surface area contributed by atoms with Crippen molar-refractivity contribution in [3.8, 4) is 5.75 Å². The van der Waals surface area contributed by atoms with Gasteiger partial charge in [0.2, 0.25) is 0 Å². The average molecular weight is 429 g/mol. The molecule has 0 aliphatic carbocycles. The second-order valence-corrected chi connectivity index (χ2v) is 7.70. The van der Waals surface area contributed by atoms with Crippen LogP contribution in [0.1, 0.15) is 11.1 Å². The molecular formula is C25H24FN5O. The molecule has 7 heteroatoms. The molecular weight excluding hydrogens is 405 g/mol. The minimum atomic E-state index is -0.236. The number of halogens is 1. The maximum atomic E-state index is 13.5. The lowest BCUT2D eigenvalue weighted by Crippen LogP contribution is -2.23. The molecule has 0 spiro atoms. The smallest absolute Gasteiger partial charge is 0.130 e. The van der Waals surface area contributed by atoms with Crippen LogP contribution in [0.15, 0.2) is 71.9 Å². The van der Waals surface area contributed by atoms with E-state index in [9.17, 15) is 4.39 Å². The number of benzene rings is 3. The molecule has 32 heavy (non-hydrogen) atoms. The first-order valence-electron chi connectivity index (χ1n) is 10.6. The zero-order valence-electron chi connectivity index (χ0n) is 17.8. The van der Waals surface area contributed by atoms with Gasteiger partial charge in [0.1, 0.15) is 24.8 Å². The molecule has 4 aromatic rings. The average Bonchev–Trinajstić information content (AvgIpc) is 3.21. The van der Waals surface area contributed by atoms with Gasteiger partial charge in [0.15, 0.2) is 0 Å². The second kappa shape index (κ2) is 8.80. The monoisotopic (exact) mass is 429 g/mol. The first-order valence-corrected chi connectivity index (χ1v) is 10.6. The fourth-order valence-corrected chi connectivity index (χ4v) is 3.97. The Labute approximate surface area is 186 Å². The number of ether oxygens (including phenoxy) is 1. The molecule has 0 fully saturated rings. The maximum Gasteiger partial charge on any atom is 0.130 e. The molecule has 1 aliphatic heterocycles. The number of hydrogen-bond donors (Lipinski definition) is 1. The number of aromatic nitrogens is 2. The standard InChI is InChI=1S/C25H24FN5O/c1-27-10-11-32-25-7-3-6-24-22(25)15-28-17-30(24)21-8-9-23-19(13-21)14-29-31(23)16-18-4-2-5-20(26)12-18/h2-9,12-15,27H,10-11,16-17H2,1H3. The maximum absolute atomic E-state index is 13.5. The van der Waals surface area contributed by atoms with Gasteiger partial charge >= 0.3 is 0 Å². The van der Waals surface area contributed by atoms with Crippen molar-refractivity contribution in [2.24, 2.45) is 4.99 Å². The summed E-state index contributed by atoms with van der Waals surface area (Å²) in [4.78, 5) is 6.73. The lowest BCUT2D eigenvalue weighted by Gasteiger charge is -2.28. The molecule has 0 atom stereocenters. The van der Waals surface area contributed by atoms with Crippen LogP contribution in [0.2, 0.25) is 0 Å². The third-order valence-corrected chi connectivity index (χ3v) is 5.55. The highest BCUT2D eigenvalue weighted by Crippen LogP contribution is 2.36. The van der Waals surface area contributed by atoms with E-state index >= 15 is 0 Å². The van der Waals surface area contributed by atoms with Gasteiger partial charge < -0.3 is 15.0 Å². The summed E-state index contributed by atoms with van der Waals surface area (Å²) < 4.78 is 21.4. The van der Waals surface area contributed by atoms with Crippen LogP contribution in [0.4, 0.5) is 15.8 Å². The summed E-state index contributed by atoms with van der Waals surface area (Å²) in [6.45, 7) is 2.43. The summed E-state index contributed by atoms with van der Waals surface area (Å²) in [6.07, 6.45) is 3.74. The van der Waals surface area contributed by atoms with Gasteiger partial charge in [-0.3, -0.25) is 9.67 Å². The quantitative estimate of drug-likeness (QED) is 0.444. The van der Waals surface area contributed by atoms with Crippen LogP contribution >= 0.6 is 0 Å². The Morgan fingerprint density at radius 2 is 2.00 bits per heavy atom. The van der Waals surface area contributed by atoms with Crippen LogP contribution in [0.5, 0.6) is 5.75 Å². The number of fused-ring (bicyclic) bond motifs is 2. The van der Waals surface area contributed by atoms with Crippen molar-refractivity contribution >= 4 is 28.5 Å². The summed E-state index contributed by atoms with van der Waals surface area (Å²) in [7, 11) is 1.91. The topological polar surface area (TPSA) is 54.7 Å². The SMILES string of the molecule is CNCCOc1cccc2c1C=NCN2c1ccc2c(cnn2Cc2cccc(F)c2)c1. The molecule has 6 nitrogen and oxygen atoms in total. The molecule has 3 aromatic carbocycles. The van der Waals surface area contributed by atoms with Crippen LogP contribution in [-0.4, -0.2) is 42.9 Å². The Morgan fingerprint density at radius 1 is 1.09 bits per heavy atom. The van der Waals surface area contributed by atoms with E-state index in [1.807, 2.05) is 42.3 Å². The van der Waals surface area contributed by atoms with Gasteiger partial charge in [-0.2, -0.15) is 5.10 Å². The zero-order chi connectivity index (χ0) is 21.9. The van der Waals surface area contributed by atoms with E-state index in [0.717, 1.165) is 45.7 Å². The molecule has 1 aromatic heterocycles. The zero-order valence-corrected chi connectivity index (χ0v) is 17.8. The number of likely N-dealkylation sites (N-methyl/N-ethyl adjacent to an activating group) is 1. The highest BCUT2D eigenvalue weighted by Gasteiger charge is 2.19. The summed E-state index contributed by atoms with van der Waals surface area (Å²) >= 11 is 0. The van der Waals surface area contributed by atoms with Crippen molar-refractivity contribution in [2.75, 3.05) is 31.8 Å². The molecule has 5 rings (SSSR count). The van der Waals surface area contributed by atoms with Crippen LogP contribution in [0.25, 0.3) is 10.9 Å². The van der Waals surface area contributed by atoms with E-state index in [1.165, 1.54) is 6.07 Å². The van der Waals surface area contributed by atoms with E-state index < -0.39 is 0 Å². The van der Waals surface area contributed by atoms with E-state index in [2.05, 4.69) is 44.6 Å². The number of rotatable bonds is 7. The van der Waals surface area contributed by atoms with Crippen molar-refractivity contribution in [3.05, 3.63) is 83.8 Å². The van der Waals surface area contributed by atoms with Gasteiger partial charge in [0.25, 0.3) is 0 Å². The van der Waals surface area contributed by atoms with Crippen molar-refractivity contribution < 1.29 is 9.13 Å². The van der Waals surface area contributed by atoms with Crippen molar-refractivity contribution in [2.45, 2.75) is 6.54 Å². The molecule has 0 radical (unpaired) electrons. The lowest BCUT2D eigenvalue weighted by atomic mass is 10.1. The highest BCUT2D eigenvalue weighted by atomic mass is 19.1. The third kappa shape index (κ3) is 3.94. The lowest BCUT2D eigenvalue weighted by molar-refractivity contribution is 0.318. The Balaban J connectivity index is 1.44. The first-order chi connectivity index (χ1) is 15.7. The van der Waals surface area contributed by atoms with Gasteiger partial charge in [-0.05, 0) is 55.1 Å². The number of anilines is 2. The third-order valence-electron chi connectivity index (χ3n) is 5.55. The fraction of sp³-hybridized carbons (Fsp3) is 0.200. The fourth-order valence-electron chi connectivity index (χ4n) is 3.97. The van der Waals surface area contributed by atoms with Crippen LogP contribution in [0, 0.1) is 5.82 Å². The summed E-state index contributed by atoms with van der Waals surface area (Å²) in [5.74, 6) is 0.593. The predicted molar refractivity (Wildman–Crippen MR) is 126 cm³/mol. The van der Waals surface area contributed by atoms with Crippen LogP contribution in [-0.2, 0) is 6.54 Å².